The molecule has 1 fully saturated rings. The highest BCUT2D eigenvalue weighted by atomic mass is 16.5. The topological polar surface area (TPSA) is 51.0 Å². The summed E-state index contributed by atoms with van der Waals surface area (Å²) in [5, 5.41) is 7.35. The second kappa shape index (κ2) is 4.53. The van der Waals surface area contributed by atoms with E-state index in [1.165, 1.54) is 12.8 Å². The molecule has 1 saturated carbocycles. The van der Waals surface area contributed by atoms with E-state index in [1.807, 2.05) is 6.92 Å². The van der Waals surface area contributed by atoms with E-state index in [-0.39, 0.29) is 0 Å². The lowest BCUT2D eigenvalue weighted by Gasteiger charge is -2.19. The van der Waals surface area contributed by atoms with E-state index < -0.39 is 0 Å². The first-order chi connectivity index (χ1) is 7.60. The first kappa shape index (κ1) is 11.6. The third kappa shape index (κ3) is 2.82. The van der Waals surface area contributed by atoms with Crippen molar-refractivity contribution in [2.24, 2.45) is 5.41 Å². The molecule has 2 rings (SSSR count). The number of hydrogen-bond acceptors (Lipinski definition) is 4. The van der Waals surface area contributed by atoms with Crippen molar-refractivity contribution in [2.45, 2.75) is 52.5 Å². The van der Waals surface area contributed by atoms with Crippen LogP contribution in [-0.2, 0) is 6.42 Å². The fourth-order valence-corrected chi connectivity index (χ4v) is 1.88. The number of aromatic nitrogens is 2. The summed E-state index contributed by atoms with van der Waals surface area (Å²) in [6.45, 7) is 7.51. The lowest BCUT2D eigenvalue weighted by atomic mass is 10.0. The standard InChI is InChI=1S/C12H21N3O/c1-9(12(3)6-7-12)13-8-4-5-11-14-10(2)15-16-11/h9,13H,4-8H2,1-3H3. The van der Waals surface area contributed by atoms with Gasteiger partial charge in [-0.1, -0.05) is 12.1 Å². The van der Waals surface area contributed by atoms with Crippen molar-refractivity contribution in [2.75, 3.05) is 6.54 Å². The Morgan fingerprint density at radius 3 is 2.81 bits per heavy atom. The normalized spacial score (nSPS) is 19.7. The molecule has 1 aromatic heterocycles. The van der Waals surface area contributed by atoms with Crippen LogP contribution in [0.25, 0.3) is 0 Å². The highest BCUT2D eigenvalue weighted by Gasteiger charge is 2.41. The predicted octanol–water partition coefficient (Wildman–Crippen LogP) is 2.09. The molecule has 90 valence electrons. The monoisotopic (exact) mass is 223 g/mol. The van der Waals surface area contributed by atoms with E-state index in [9.17, 15) is 0 Å². The Labute approximate surface area is 96.8 Å². The largest absolute Gasteiger partial charge is 0.339 e. The highest BCUT2D eigenvalue weighted by molar-refractivity contribution is 4.96. The van der Waals surface area contributed by atoms with E-state index >= 15 is 0 Å². The maximum absolute atomic E-state index is 5.06. The fraction of sp³-hybridized carbons (Fsp3) is 0.833. The lowest BCUT2D eigenvalue weighted by molar-refractivity contribution is 0.357. The third-order valence-electron chi connectivity index (χ3n) is 3.67. The van der Waals surface area contributed by atoms with Crippen LogP contribution in [0.3, 0.4) is 0 Å². The molecule has 4 heteroatoms. The first-order valence-electron chi connectivity index (χ1n) is 6.13. The minimum Gasteiger partial charge on any atom is -0.339 e. The predicted molar refractivity (Wildman–Crippen MR) is 62.2 cm³/mol. The zero-order chi connectivity index (χ0) is 11.6. The molecular weight excluding hydrogens is 202 g/mol. The van der Waals surface area contributed by atoms with Gasteiger partial charge in [0.25, 0.3) is 0 Å². The van der Waals surface area contributed by atoms with Crippen LogP contribution in [0, 0.1) is 12.3 Å². The Kier molecular flexibility index (Phi) is 3.28. The summed E-state index contributed by atoms with van der Waals surface area (Å²) in [6.07, 6.45) is 4.66. The van der Waals surface area contributed by atoms with Crippen molar-refractivity contribution in [1.82, 2.24) is 15.5 Å². The molecule has 4 nitrogen and oxygen atoms in total. The molecule has 16 heavy (non-hydrogen) atoms. The summed E-state index contributed by atoms with van der Waals surface area (Å²) in [7, 11) is 0. The van der Waals surface area contributed by atoms with Crippen LogP contribution in [0.4, 0.5) is 0 Å². The van der Waals surface area contributed by atoms with Gasteiger partial charge in [0, 0.05) is 12.5 Å². The van der Waals surface area contributed by atoms with Crippen LogP contribution in [0.1, 0.15) is 44.8 Å². The van der Waals surface area contributed by atoms with Gasteiger partial charge in [-0.2, -0.15) is 4.98 Å². The van der Waals surface area contributed by atoms with E-state index in [0.29, 0.717) is 11.5 Å². The minimum atomic E-state index is 0.557. The van der Waals surface area contributed by atoms with Gasteiger partial charge in [0.15, 0.2) is 5.82 Å². The molecule has 0 bridgehead atoms. The zero-order valence-corrected chi connectivity index (χ0v) is 10.4. The maximum Gasteiger partial charge on any atom is 0.226 e. The molecule has 1 aliphatic carbocycles. The second-order valence-corrected chi connectivity index (χ2v) is 5.17. The van der Waals surface area contributed by atoms with Gasteiger partial charge >= 0.3 is 0 Å². The number of hydrogen-bond donors (Lipinski definition) is 1. The van der Waals surface area contributed by atoms with Crippen molar-refractivity contribution < 1.29 is 4.52 Å². The van der Waals surface area contributed by atoms with E-state index in [2.05, 4.69) is 29.3 Å². The zero-order valence-electron chi connectivity index (χ0n) is 10.4. The summed E-state index contributed by atoms with van der Waals surface area (Å²) in [6, 6.07) is 0.622. The second-order valence-electron chi connectivity index (χ2n) is 5.17. The van der Waals surface area contributed by atoms with Crippen LogP contribution in [0.5, 0.6) is 0 Å². The SMILES string of the molecule is Cc1noc(CCCNC(C)C2(C)CC2)n1. The van der Waals surface area contributed by atoms with Crippen LogP contribution >= 0.6 is 0 Å². The number of nitrogens with one attached hydrogen (secondary N) is 1. The van der Waals surface area contributed by atoms with E-state index in [0.717, 1.165) is 31.1 Å². The Balaban J connectivity index is 1.62. The van der Waals surface area contributed by atoms with Crippen molar-refractivity contribution >= 4 is 0 Å². The Morgan fingerprint density at radius 2 is 2.25 bits per heavy atom. The molecule has 1 atom stereocenters. The lowest BCUT2D eigenvalue weighted by Crippen LogP contribution is -2.34. The smallest absolute Gasteiger partial charge is 0.226 e. The molecule has 0 aromatic carbocycles. The average Bonchev–Trinajstić information content (AvgIpc) is 2.87. The molecular formula is C12H21N3O. The first-order valence-corrected chi connectivity index (χ1v) is 6.13. The van der Waals surface area contributed by atoms with E-state index in [4.69, 9.17) is 4.52 Å². The Hall–Kier alpha value is -0.900. The van der Waals surface area contributed by atoms with Crippen LogP contribution in [-0.4, -0.2) is 22.7 Å². The van der Waals surface area contributed by atoms with Crippen LogP contribution in [0.2, 0.25) is 0 Å². The number of aryl methyl sites for hydroxylation is 2. The molecule has 0 saturated heterocycles. The van der Waals surface area contributed by atoms with Gasteiger partial charge in [0.05, 0.1) is 0 Å². The summed E-state index contributed by atoms with van der Waals surface area (Å²) in [5.74, 6) is 1.48. The van der Waals surface area contributed by atoms with Gasteiger partial charge in [0.1, 0.15) is 0 Å². The number of rotatable bonds is 6. The summed E-state index contributed by atoms with van der Waals surface area (Å²) in [4.78, 5) is 4.18. The molecule has 0 spiro atoms. The molecule has 1 N–H and O–H groups in total. The molecule has 0 aliphatic heterocycles. The minimum absolute atomic E-state index is 0.557. The molecule has 0 radical (unpaired) electrons. The molecule has 1 unspecified atom stereocenters. The summed E-state index contributed by atoms with van der Waals surface area (Å²) >= 11 is 0. The summed E-state index contributed by atoms with van der Waals surface area (Å²) < 4.78 is 5.06. The average molecular weight is 223 g/mol. The van der Waals surface area contributed by atoms with Gasteiger partial charge < -0.3 is 9.84 Å². The molecule has 0 amide bonds. The van der Waals surface area contributed by atoms with Gasteiger partial charge in [0.2, 0.25) is 5.89 Å². The molecule has 1 aromatic rings. The quantitative estimate of drug-likeness (QED) is 0.750. The van der Waals surface area contributed by atoms with Crippen molar-refractivity contribution in [1.29, 1.82) is 0 Å². The van der Waals surface area contributed by atoms with Crippen LogP contribution < -0.4 is 5.32 Å². The highest BCUT2D eigenvalue weighted by Crippen LogP contribution is 2.47. The van der Waals surface area contributed by atoms with Crippen molar-refractivity contribution in [3.05, 3.63) is 11.7 Å². The van der Waals surface area contributed by atoms with Gasteiger partial charge in [-0.15, -0.1) is 0 Å². The maximum atomic E-state index is 5.06. The van der Waals surface area contributed by atoms with Crippen molar-refractivity contribution in [3.63, 3.8) is 0 Å². The Morgan fingerprint density at radius 1 is 1.50 bits per heavy atom. The van der Waals surface area contributed by atoms with Crippen LogP contribution in [0.15, 0.2) is 4.52 Å². The van der Waals surface area contributed by atoms with Crippen molar-refractivity contribution in [3.8, 4) is 0 Å². The fourth-order valence-electron chi connectivity index (χ4n) is 1.88. The van der Waals surface area contributed by atoms with Gasteiger partial charge in [-0.3, -0.25) is 0 Å². The van der Waals surface area contributed by atoms with Gasteiger partial charge in [-0.25, -0.2) is 0 Å². The third-order valence-corrected chi connectivity index (χ3v) is 3.67. The number of nitrogens with zero attached hydrogens (tertiary/aromatic N) is 2. The van der Waals surface area contributed by atoms with Gasteiger partial charge in [-0.05, 0) is 45.1 Å². The van der Waals surface area contributed by atoms with E-state index in [1.54, 1.807) is 0 Å². The summed E-state index contributed by atoms with van der Waals surface area (Å²) in [5.41, 5.74) is 0.557. The molecule has 1 aliphatic rings. The molecule has 1 heterocycles. The Bertz CT molecular complexity index is 344.